The largest absolute Gasteiger partial charge is 6.00 e. The van der Waals surface area contributed by atoms with Crippen LogP contribution < -0.4 is 0 Å². The second-order valence-corrected chi connectivity index (χ2v) is 30.2. The first-order valence-electron chi connectivity index (χ1n) is 29.5. The van der Waals surface area contributed by atoms with Crippen molar-refractivity contribution in [3.8, 4) is 11.1 Å². The van der Waals surface area contributed by atoms with Gasteiger partial charge >= 0.3 is 19.8 Å². The molecule has 0 aliphatic rings. The summed E-state index contributed by atoms with van der Waals surface area (Å²) in [6.07, 6.45) is 0. The quantitative estimate of drug-likeness (QED) is 0.146. The van der Waals surface area contributed by atoms with E-state index in [4.69, 9.17) is 26.3 Å². The summed E-state index contributed by atoms with van der Waals surface area (Å²) in [6, 6.07) is 56.7. The maximum atomic E-state index is 7.41. The van der Waals surface area contributed by atoms with Crippen LogP contribution in [0, 0.1) is 38.4 Å². The molecule has 0 spiro atoms. The van der Waals surface area contributed by atoms with Gasteiger partial charge in [0.25, 0.3) is 0 Å². The molecule has 0 aromatic heterocycles. The second-order valence-electron chi connectivity index (χ2n) is 30.2. The van der Waals surface area contributed by atoms with Crippen LogP contribution in [0.25, 0.3) is 52.1 Å². The van der Waals surface area contributed by atoms with Gasteiger partial charge in [0.15, 0.2) is 22.7 Å². The van der Waals surface area contributed by atoms with Crippen molar-refractivity contribution in [2.24, 2.45) is 0 Å². The van der Waals surface area contributed by atoms with Crippen LogP contribution >= 0.6 is 0 Å². The first-order valence-corrected chi connectivity index (χ1v) is 29.5. The van der Waals surface area contributed by atoms with Gasteiger partial charge in [-0.3, -0.25) is 0 Å². The minimum atomic E-state index is 0. The number of hydrogen-bond acceptors (Lipinski definition) is 0. The fourth-order valence-corrected chi connectivity index (χ4v) is 10.1. The van der Waals surface area contributed by atoms with E-state index in [0.717, 1.165) is 78.4 Å². The molecule has 0 fully saturated rings. The minimum absolute atomic E-state index is 0. The third-order valence-corrected chi connectivity index (χ3v) is 14.7. The van der Waals surface area contributed by atoms with Crippen molar-refractivity contribution in [3.63, 3.8) is 0 Å². The Bertz CT molecular complexity index is 3180. The molecule has 0 aliphatic heterocycles. The number of fused-ring (bicyclic) bond motifs is 2. The van der Waals surface area contributed by atoms with E-state index in [1.807, 2.05) is 12.1 Å². The van der Waals surface area contributed by atoms with Gasteiger partial charge in [-0.05, 0) is 87.8 Å². The molecule has 0 atom stereocenters. The zero-order valence-corrected chi connectivity index (χ0v) is 58.5. The summed E-state index contributed by atoms with van der Waals surface area (Å²) in [6.45, 7) is 81.4. The maximum absolute atomic E-state index is 7.41. The fraction of sp³-hybridized carbons (Fsp3) is 0.400. The molecule has 440 valence electrons. The van der Waals surface area contributed by atoms with Gasteiger partial charge in [-0.1, -0.05) is 287 Å². The molecule has 4 nitrogen and oxygen atoms in total. The molecule has 0 saturated heterocycles. The van der Waals surface area contributed by atoms with Gasteiger partial charge in [0, 0.05) is 0 Å². The van der Waals surface area contributed by atoms with Crippen molar-refractivity contribution in [1.29, 1.82) is 0 Å². The standard InChI is InChI=1S/C20H12.4C15H21N.Os/c1-3-7-17-13-19(11-9-15(17)5-1)20-12-10-16-6-2-4-8-18(16)14-20;4*1-14(2,3)11-9-8-10-12(13(11)16-7)15(4,5)6;/h1-10,13-14H;4*8-10H,1-6H3;/q-2;;;;;+6. The Morgan fingerprint density at radius 3 is 0.565 bits per heavy atom. The van der Waals surface area contributed by atoms with Crippen molar-refractivity contribution < 1.29 is 19.8 Å². The maximum Gasteiger partial charge on any atom is 6.00 e. The van der Waals surface area contributed by atoms with Crippen molar-refractivity contribution in [3.05, 3.63) is 248 Å². The van der Waals surface area contributed by atoms with E-state index in [0.29, 0.717) is 0 Å². The molecule has 85 heavy (non-hydrogen) atoms. The average molecular weight is 1300 g/mol. The van der Waals surface area contributed by atoms with E-state index in [2.05, 4.69) is 331 Å². The molecule has 0 amide bonds. The van der Waals surface area contributed by atoms with E-state index in [1.54, 1.807) is 0 Å². The third-order valence-electron chi connectivity index (χ3n) is 14.7. The topological polar surface area (TPSA) is 17.4 Å². The zero-order chi connectivity index (χ0) is 63.6. The molecule has 5 heteroatoms. The van der Waals surface area contributed by atoms with E-state index in [9.17, 15) is 0 Å². The first-order chi connectivity index (χ1) is 38.6. The van der Waals surface area contributed by atoms with Crippen LogP contribution in [0.5, 0.6) is 0 Å². The molecule has 0 heterocycles. The molecule has 8 aromatic carbocycles. The van der Waals surface area contributed by atoms with Gasteiger partial charge < -0.3 is 0 Å². The van der Waals surface area contributed by atoms with E-state index >= 15 is 0 Å². The molecule has 0 aliphatic carbocycles. The van der Waals surface area contributed by atoms with Gasteiger partial charge in [-0.15, -0.1) is 33.7 Å². The SMILES string of the molecule is [C-]#[N+]c1c(C(C)(C)C)cccc1C(C)(C)C.[C-]#[N+]c1c(C(C)(C)C)cccc1C(C)(C)C.[C-]#[N+]c1c(C(C)(C)C)cccc1C(C)(C)C.[C-]#[N+]c1c(C(C)(C)C)cccc1C(C)(C)C.[Os+6].[c-]1cc2ccccc2cc1-c1[c-]cc2ccccc2c1. The molecule has 0 radical (unpaired) electrons. The van der Waals surface area contributed by atoms with Crippen molar-refractivity contribution >= 4 is 44.3 Å². The van der Waals surface area contributed by atoms with Crippen LogP contribution in [0.3, 0.4) is 0 Å². The van der Waals surface area contributed by atoms with Crippen LogP contribution in [0.2, 0.25) is 0 Å². The van der Waals surface area contributed by atoms with Gasteiger partial charge in [-0.2, -0.15) is 24.3 Å². The Labute approximate surface area is 529 Å². The molecule has 0 N–H and O–H groups in total. The Hall–Kier alpha value is -7.12. The van der Waals surface area contributed by atoms with Gasteiger partial charge in [0.2, 0.25) is 0 Å². The molecule has 8 aromatic rings. The number of rotatable bonds is 1. The van der Waals surface area contributed by atoms with Crippen LogP contribution in [-0.4, -0.2) is 0 Å². The Kier molecular flexibility index (Phi) is 24.1. The van der Waals surface area contributed by atoms with Gasteiger partial charge in [0.1, 0.15) is 0 Å². The Morgan fingerprint density at radius 2 is 0.412 bits per heavy atom. The number of para-hydroxylation sites is 4. The fourth-order valence-electron chi connectivity index (χ4n) is 10.1. The summed E-state index contributed by atoms with van der Waals surface area (Å²) in [5.74, 6) is 0. The monoisotopic (exact) mass is 1300 g/mol. The third kappa shape index (κ3) is 19.4. The Morgan fingerprint density at radius 1 is 0.247 bits per heavy atom. The zero-order valence-electron chi connectivity index (χ0n) is 56.0. The van der Waals surface area contributed by atoms with Gasteiger partial charge in [-0.25, -0.2) is 30.5 Å². The molecule has 8 rings (SSSR count). The summed E-state index contributed by atoms with van der Waals surface area (Å²) in [7, 11) is 0. The normalized spacial score (nSPS) is 11.9. The minimum Gasteiger partial charge on any atom is -0.238 e. The molecular weight excluding hydrogens is 1210 g/mol. The van der Waals surface area contributed by atoms with Gasteiger partial charge in [0.05, 0.1) is 26.3 Å². The molecule has 0 saturated carbocycles. The van der Waals surface area contributed by atoms with Crippen LogP contribution in [0.4, 0.5) is 22.7 Å². The predicted molar refractivity (Wildman–Crippen MR) is 365 cm³/mol. The van der Waals surface area contributed by atoms with Crippen LogP contribution in [-0.2, 0) is 63.1 Å². The number of benzene rings is 8. The molecule has 0 unspecified atom stereocenters. The molecular formula is C80H96N4Os+4. The number of nitrogens with zero attached hydrogens (tertiary/aromatic N) is 4. The summed E-state index contributed by atoms with van der Waals surface area (Å²) in [5, 5.41) is 4.92. The van der Waals surface area contributed by atoms with Crippen LogP contribution in [0.1, 0.15) is 211 Å². The summed E-state index contributed by atoms with van der Waals surface area (Å²) in [4.78, 5) is 15.0. The summed E-state index contributed by atoms with van der Waals surface area (Å²) in [5.41, 5.74) is 14.9. The number of hydrogen-bond donors (Lipinski definition) is 0. The second kappa shape index (κ2) is 28.4. The molecule has 0 bridgehead atoms. The predicted octanol–water partition coefficient (Wildman–Crippen LogP) is 24.6. The summed E-state index contributed by atoms with van der Waals surface area (Å²) >= 11 is 0. The van der Waals surface area contributed by atoms with Crippen molar-refractivity contribution in [1.82, 2.24) is 0 Å². The average Bonchev–Trinajstić information content (AvgIpc) is 3.55. The van der Waals surface area contributed by atoms with Crippen molar-refractivity contribution in [2.75, 3.05) is 0 Å². The van der Waals surface area contributed by atoms with Crippen molar-refractivity contribution in [2.45, 2.75) is 209 Å². The summed E-state index contributed by atoms with van der Waals surface area (Å²) < 4.78 is 0. The van der Waals surface area contributed by atoms with E-state index in [-0.39, 0.29) is 63.1 Å². The first kappa shape index (κ1) is 72.1. The van der Waals surface area contributed by atoms with E-state index < -0.39 is 0 Å². The van der Waals surface area contributed by atoms with Crippen LogP contribution in [0.15, 0.2) is 146 Å². The van der Waals surface area contributed by atoms with E-state index in [1.165, 1.54) is 21.5 Å². The smallest absolute Gasteiger partial charge is 0.238 e. The Balaban J connectivity index is 0.000000279.